The Morgan fingerprint density at radius 3 is 2.76 bits per heavy atom. The Morgan fingerprint density at radius 1 is 1.28 bits per heavy atom. The summed E-state index contributed by atoms with van der Waals surface area (Å²) in [5, 5.41) is 1.12. The summed E-state index contributed by atoms with van der Waals surface area (Å²) in [6.07, 6.45) is 3.00. The van der Waals surface area contributed by atoms with Gasteiger partial charge in [0.25, 0.3) is 0 Å². The predicted molar refractivity (Wildman–Crippen MR) is 122 cm³/mol. The maximum absolute atomic E-state index is 5.96. The van der Waals surface area contributed by atoms with Gasteiger partial charge < -0.3 is 14.4 Å². The number of aliphatic imine (C=N–C) groups is 1. The maximum Gasteiger partial charge on any atom is 0.162 e. The quantitative estimate of drug-likeness (QED) is 0.542. The molecule has 0 amide bonds. The number of rotatable bonds is 6. The number of amidine groups is 1. The van der Waals surface area contributed by atoms with Crippen LogP contribution in [-0.4, -0.2) is 40.1 Å². The van der Waals surface area contributed by atoms with Crippen molar-refractivity contribution in [3.05, 3.63) is 52.3 Å². The van der Waals surface area contributed by atoms with Gasteiger partial charge in [0.15, 0.2) is 16.7 Å². The number of thioether (sulfide) groups is 1. The van der Waals surface area contributed by atoms with E-state index in [1.165, 1.54) is 0 Å². The first-order valence-electron chi connectivity index (χ1n) is 9.97. The third kappa shape index (κ3) is 3.87. The van der Waals surface area contributed by atoms with Gasteiger partial charge in [0, 0.05) is 22.5 Å². The van der Waals surface area contributed by atoms with Crippen molar-refractivity contribution in [2.45, 2.75) is 51.4 Å². The van der Waals surface area contributed by atoms with Crippen LogP contribution in [0.3, 0.4) is 0 Å². The highest BCUT2D eigenvalue weighted by atomic mass is 79.9. The largest absolute Gasteiger partial charge is 0.493 e. The lowest BCUT2D eigenvalue weighted by Crippen LogP contribution is -2.35. The second-order valence-electron chi connectivity index (χ2n) is 7.53. The van der Waals surface area contributed by atoms with E-state index in [2.05, 4.69) is 44.9 Å². The van der Waals surface area contributed by atoms with E-state index in [4.69, 9.17) is 14.5 Å². The van der Waals surface area contributed by atoms with E-state index in [-0.39, 0.29) is 18.2 Å². The van der Waals surface area contributed by atoms with Crippen LogP contribution in [-0.2, 0) is 0 Å². The van der Waals surface area contributed by atoms with Crippen LogP contribution in [0.4, 0.5) is 0 Å². The van der Waals surface area contributed by atoms with E-state index < -0.39 is 0 Å². The van der Waals surface area contributed by atoms with E-state index in [0.29, 0.717) is 6.04 Å². The Morgan fingerprint density at radius 2 is 2.10 bits per heavy atom. The second kappa shape index (κ2) is 8.56. The zero-order valence-corrected chi connectivity index (χ0v) is 19.5. The summed E-state index contributed by atoms with van der Waals surface area (Å²) in [6, 6.07) is 10.6. The Bertz CT molecular complexity index is 906. The fourth-order valence-electron chi connectivity index (χ4n) is 3.97. The van der Waals surface area contributed by atoms with Gasteiger partial charge in [-0.15, -0.1) is 0 Å². The van der Waals surface area contributed by atoms with Gasteiger partial charge in [0.1, 0.15) is 6.04 Å². The summed E-state index contributed by atoms with van der Waals surface area (Å²) in [4.78, 5) is 12.2. The van der Waals surface area contributed by atoms with Gasteiger partial charge in [-0.2, -0.15) is 0 Å². The highest BCUT2D eigenvalue weighted by Crippen LogP contribution is 2.51. The third-order valence-corrected chi connectivity index (χ3v) is 7.11. The molecule has 1 saturated heterocycles. The van der Waals surface area contributed by atoms with E-state index in [0.717, 1.165) is 44.6 Å². The van der Waals surface area contributed by atoms with E-state index in [1.54, 1.807) is 7.11 Å². The molecule has 0 spiro atoms. The standard InChI is InChI=1S/C22H26BrN3O2S/c1-5-14-12-29-22-25-20(17-8-6-7-9-24-17)21(26(14)22)15-10-18(27-4)19(11-16(15)23)28-13(2)3/h6-11,13-14,20-21H,5,12H2,1-4H3/t14-,20-,21+/m0/s1. The number of methoxy groups -OCH3 is 1. The molecular formula is C22H26BrN3O2S. The van der Waals surface area contributed by atoms with Crippen molar-refractivity contribution in [1.82, 2.24) is 9.88 Å². The molecule has 154 valence electrons. The van der Waals surface area contributed by atoms with Gasteiger partial charge >= 0.3 is 0 Å². The van der Waals surface area contributed by atoms with Crippen molar-refractivity contribution < 1.29 is 9.47 Å². The molecule has 7 heteroatoms. The van der Waals surface area contributed by atoms with Crippen molar-refractivity contribution in [1.29, 1.82) is 0 Å². The molecule has 1 aromatic heterocycles. The van der Waals surface area contributed by atoms with Crippen LogP contribution in [0.5, 0.6) is 11.5 Å². The average Bonchev–Trinajstić information content (AvgIpc) is 3.28. The monoisotopic (exact) mass is 475 g/mol. The minimum atomic E-state index is -0.0501. The van der Waals surface area contributed by atoms with E-state index in [9.17, 15) is 0 Å². The Kier molecular flexibility index (Phi) is 6.06. The first-order valence-corrected chi connectivity index (χ1v) is 11.7. The van der Waals surface area contributed by atoms with E-state index in [1.807, 2.05) is 50.0 Å². The van der Waals surface area contributed by atoms with Crippen LogP contribution >= 0.6 is 27.7 Å². The first kappa shape index (κ1) is 20.5. The molecule has 5 nitrogen and oxygen atoms in total. The lowest BCUT2D eigenvalue weighted by atomic mass is 9.95. The highest BCUT2D eigenvalue weighted by molar-refractivity contribution is 9.10. The SMILES string of the molecule is CC[C@H]1CSC2=N[C@@H](c3ccccn3)[C@@H](c3cc(OC)c(OC(C)C)cc3Br)N21. The summed E-state index contributed by atoms with van der Waals surface area (Å²) in [6.45, 7) is 6.28. The van der Waals surface area contributed by atoms with Crippen molar-refractivity contribution in [3.63, 3.8) is 0 Å². The molecule has 3 atom stereocenters. The Hall–Kier alpha value is -1.73. The van der Waals surface area contributed by atoms with E-state index >= 15 is 0 Å². The molecule has 2 aliphatic rings. The molecular weight excluding hydrogens is 450 g/mol. The fourth-order valence-corrected chi connectivity index (χ4v) is 5.86. The zero-order chi connectivity index (χ0) is 20.5. The van der Waals surface area contributed by atoms with Crippen molar-refractivity contribution in [2.75, 3.05) is 12.9 Å². The number of aromatic nitrogens is 1. The molecule has 0 aliphatic carbocycles. The topological polar surface area (TPSA) is 47.0 Å². The molecule has 3 heterocycles. The predicted octanol–water partition coefficient (Wildman–Crippen LogP) is 5.62. The molecule has 0 N–H and O–H groups in total. The van der Waals surface area contributed by atoms with Gasteiger partial charge in [-0.25, -0.2) is 0 Å². The van der Waals surface area contributed by atoms with Crippen molar-refractivity contribution in [3.8, 4) is 11.5 Å². The Balaban J connectivity index is 1.81. The molecule has 0 bridgehead atoms. The number of ether oxygens (including phenoxy) is 2. The minimum Gasteiger partial charge on any atom is -0.493 e. The summed E-state index contributed by atoms with van der Waals surface area (Å²) in [5.74, 6) is 2.56. The molecule has 1 fully saturated rings. The number of hydrogen-bond donors (Lipinski definition) is 0. The van der Waals surface area contributed by atoms with Crippen LogP contribution < -0.4 is 9.47 Å². The fraction of sp³-hybridized carbons (Fsp3) is 0.455. The van der Waals surface area contributed by atoms with Gasteiger partial charge in [-0.1, -0.05) is 40.7 Å². The van der Waals surface area contributed by atoms with Crippen LogP contribution in [0.1, 0.15) is 50.5 Å². The molecule has 29 heavy (non-hydrogen) atoms. The van der Waals surface area contributed by atoms with Crippen LogP contribution in [0.15, 0.2) is 46.0 Å². The zero-order valence-electron chi connectivity index (χ0n) is 17.1. The smallest absolute Gasteiger partial charge is 0.162 e. The lowest BCUT2D eigenvalue weighted by Gasteiger charge is -2.33. The van der Waals surface area contributed by atoms with Crippen LogP contribution in [0, 0.1) is 0 Å². The lowest BCUT2D eigenvalue weighted by molar-refractivity contribution is 0.228. The molecule has 0 saturated carbocycles. The molecule has 4 rings (SSSR count). The summed E-state index contributed by atoms with van der Waals surface area (Å²) >= 11 is 5.66. The number of halogens is 1. The third-order valence-electron chi connectivity index (χ3n) is 5.29. The first-order chi connectivity index (χ1) is 14.0. The second-order valence-corrected chi connectivity index (χ2v) is 9.37. The van der Waals surface area contributed by atoms with Crippen LogP contribution in [0.25, 0.3) is 0 Å². The molecule has 2 aromatic rings. The molecule has 0 radical (unpaired) electrons. The Labute approximate surface area is 185 Å². The van der Waals surface area contributed by atoms with Gasteiger partial charge in [-0.3, -0.25) is 9.98 Å². The van der Waals surface area contributed by atoms with Gasteiger partial charge in [-0.05, 0) is 50.1 Å². The molecule has 1 aromatic carbocycles. The van der Waals surface area contributed by atoms with Crippen molar-refractivity contribution in [2.24, 2.45) is 4.99 Å². The normalized spacial score (nSPS) is 23.3. The average molecular weight is 476 g/mol. The maximum atomic E-state index is 5.96. The minimum absolute atomic E-state index is 0.0501. The molecule has 0 unspecified atom stereocenters. The number of hydrogen-bond acceptors (Lipinski definition) is 6. The number of pyridine rings is 1. The number of nitrogens with zero attached hydrogens (tertiary/aromatic N) is 3. The summed E-state index contributed by atoms with van der Waals surface area (Å²) in [7, 11) is 1.69. The van der Waals surface area contributed by atoms with Gasteiger partial charge in [0.05, 0.1) is 24.9 Å². The number of benzene rings is 1. The summed E-state index contributed by atoms with van der Waals surface area (Å²) < 4.78 is 12.6. The number of fused-ring (bicyclic) bond motifs is 1. The highest BCUT2D eigenvalue weighted by Gasteiger charge is 2.46. The van der Waals surface area contributed by atoms with Crippen molar-refractivity contribution >= 4 is 32.9 Å². The summed E-state index contributed by atoms with van der Waals surface area (Å²) in [5.41, 5.74) is 2.14. The molecule has 2 aliphatic heterocycles. The van der Waals surface area contributed by atoms with Crippen LogP contribution in [0.2, 0.25) is 0 Å². The van der Waals surface area contributed by atoms with Gasteiger partial charge in [0.2, 0.25) is 0 Å².